The van der Waals surface area contributed by atoms with E-state index in [2.05, 4.69) is 13.8 Å². The summed E-state index contributed by atoms with van der Waals surface area (Å²) < 4.78 is 0. The molecule has 0 aromatic heterocycles. The predicted octanol–water partition coefficient (Wildman–Crippen LogP) is 4.69. The highest BCUT2D eigenvalue weighted by Gasteiger charge is 2.67. The van der Waals surface area contributed by atoms with Gasteiger partial charge in [-0.15, -0.1) is 0 Å². The minimum Gasteiger partial charge on any atom is -0.480 e. The van der Waals surface area contributed by atoms with E-state index >= 15 is 0 Å². The van der Waals surface area contributed by atoms with E-state index in [1.54, 1.807) is 0 Å². The number of hydrogen-bond acceptors (Lipinski definition) is 2. The fourth-order valence-electron chi connectivity index (χ4n) is 7.97. The maximum absolute atomic E-state index is 12.0. The molecule has 0 bridgehead atoms. The Morgan fingerprint density at radius 1 is 0.958 bits per heavy atom. The van der Waals surface area contributed by atoms with Crippen LogP contribution in [0.2, 0.25) is 0 Å². The van der Waals surface area contributed by atoms with Crippen LogP contribution >= 0.6 is 0 Å². The first-order chi connectivity index (χ1) is 11.4. The Kier molecular flexibility index (Phi) is 3.68. The molecule has 4 rings (SSSR count). The molecule has 3 heteroatoms. The number of carboxylic acid groups (broad SMARTS) is 1. The SMILES string of the molecule is C[C@]12CCCCC1CC[C@@H]1[C@H]2CC[C@@]2(C)[C@H]1CCC2(C=O)C(=O)O. The van der Waals surface area contributed by atoms with Crippen molar-refractivity contribution in [1.29, 1.82) is 0 Å². The van der Waals surface area contributed by atoms with Gasteiger partial charge in [0.1, 0.15) is 11.7 Å². The van der Waals surface area contributed by atoms with Crippen LogP contribution < -0.4 is 0 Å². The van der Waals surface area contributed by atoms with Gasteiger partial charge in [0.15, 0.2) is 0 Å². The fraction of sp³-hybridized carbons (Fsp3) is 0.905. The predicted molar refractivity (Wildman–Crippen MR) is 92.5 cm³/mol. The highest BCUT2D eigenvalue weighted by Crippen LogP contribution is 2.70. The van der Waals surface area contributed by atoms with Crippen molar-refractivity contribution in [2.24, 2.45) is 39.9 Å². The van der Waals surface area contributed by atoms with Crippen LogP contribution in [-0.2, 0) is 9.59 Å². The summed E-state index contributed by atoms with van der Waals surface area (Å²) in [6.45, 7) is 4.66. The number of carbonyl (C=O) groups excluding carboxylic acids is 1. The Morgan fingerprint density at radius 2 is 1.71 bits per heavy atom. The van der Waals surface area contributed by atoms with Crippen molar-refractivity contribution >= 4 is 12.3 Å². The molecule has 1 N–H and O–H groups in total. The molecule has 134 valence electrons. The molecular weight excluding hydrogens is 300 g/mol. The summed E-state index contributed by atoms with van der Waals surface area (Å²) in [5.41, 5.74) is -0.995. The zero-order valence-electron chi connectivity index (χ0n) is 15.2. The fourth-order valence-corrected chi connectivity index (χ4v) is 7.97. The molecule has 0 aromatic carbocycles. The van der Waals surface area contributed by atoms with Crippen LogP contribution in [0.4, 0.5) is 0 Å². The third-order valence-corrected chi connectivity index (χ3v) is 9.42. The first kappa shape index (κ1) is 16.6. The van der Waals surface area contributed by atoms with Crippen molar-refractivity contribution in [3.05, 3.63) is 0 Å². The molecule has 7 atom stereocenters. The van der Waals surface area contributed by atoms with Crippen LogP contribution in [0.25, 0.3) is 0 Å². The van der Waals surface area contributed by atoms with Gasteiger partial charge in [0, 0.05) is 0 Å². The van der Waals surface area contributed by atoms with Gasteiger partial charge in [-0.25, -0.2) is 0 Å². The Balaban J connectivity index is 1.69. The second-order valence-electron chi connectivity index (χ2n) is 9.79. The second kappa shape index (κ2) is 5.32. The van der Waals surface area contributed by atoms with Crippen molar-refractivity contribution in [3.8, 4) is 0 Å². The number of aliphatic carboxylic acids is 1. The summed E-state index contributed by atoms with van der Waals surface area (Å²) in [5, 5.41) is 9.87. The van der Waals surface area contributed by atoms with Crippen molar-refractivity contribution < 1.29 is 14.7 Å². The van der Waals surface area contributed by atoms with Crippen LogP contribution in [0, 0.1) is 39.9 Å². The molecule has 0 spiro atoms. The zero-order valence-corrected chi connectivity index (χ0v) is 15.2. The zero-order chi connectivity index (χ0) is 17.2. The average Bonchev–Trinajstić information content (AvgIpc) is 2.87. The highest BCUT2D eigenvalue weighted by molar-refractivity contribution is 5.93. The standard InChI is InChI=1S/C21H32O3/c1-19-10-4-3-5-14(19)6-7-15-16(19)8-11-20(2)17(15)9-12-21(20,13-22)18(23)24/h13-17H,3-12H2,1-2H3,(H,23,24)/t14?,15-,16-,17+,19+,20+,21?/m1/s1. The van der Waals surface area contributed by atoms with Crippen LogP contribution in [0.1, 0.15) is 78.1 Å². The number of hydrogen-bond donors (Lipinski definition) is 1. The van der Waals surface area contributed by atoms with E-state index in [-0.39, 0.29) is 5.41 Å². The van der Waals surface area contributed by atoms with Crippen LogP contribution in [0.5, 0.6) is 0 Å². The van der Waals surface area contributed by atoms with E-state index in [1.165, 1.54) is 38.5 Å². The smallest absolute Gasteiger partial charge is 0.317 e. The van der Waals surface area contributed by atoms with E-state index < -0.39 is 11.4 Å². The lowest BCUT2D eigenvalue weighted by atomic mass is 9.43. The molecule has 3 nitrogen and oxygen atoms in total. The lowest BCUT2D eigenvalue weighted by Gasteiger charge is -2.61. The third kappa shape index (κ3) is 1.85. The maximum atomic E-state index is 12.0. The number of carbonyl (C=O) groups is 2. The minimum atomic E-state index is -1.13. The lowest BCUT2D eigenvalue weighted by Crippen LogP contribution is -2.56. The van der Waals surface area contributed by atoms with E-state index in [0.29, 0.717) is 23.7 Å². The molecule has 4 saturated carbocycles. The van der Waals surface area contributed by atoms with E-state index in [1.807, 2.05) is 0 Å². The average molecular weight is 332 g/mol. The van der Waals surface area contributed by atoms with Gasteiger partial charge in [0.2, 0.25) is 0 Å². The highest BCUT2D eigenvalue weighted by atomic mass is 16.4. The Morgan fingerprint density at radius 3 is 2.42 bits per heavy atom. The van der Waals surface area contributed by atoms with E-state index in [9.17, 15) is 14.7 Å². The molecule has 2 unspecified atom stereocenters. The molecule has 0 aliphatic heterocycles. The van der Waals surface area contributed by atoms with Gasteiger partial charge in [0.25, 0.3) is 0 Å². The molecule has 0 aromatic rings. The lowest BCUT2D eigenvalue weighted by molar-refractivity contribution is -0.168. The molecule has 0 radical (unpaired) electrons. The summed E-state index contributed by atoms with van der Waals surface area (Å²) >= 11 is 0. The van der Waals surface area contributed by atoms with Crippen molar-refractivity contribution in [3.63, 3.8) is 0 Å². The van der Waals surface area contributed by atoms with E-state index in [0.717, 1.165) is 37.4 Å². The van der Waals surface area contributed by atoms with Gasteiger partial charge < -0.3 is 9.90 Å². The number of aldehydes is 1. The van der Waals surface area contributed by atoms with E-state index in [4.69, 9.17) is 0 Å². The number of carboxylic acids is 1. The molecule has 4 fully saturated rings. The Bertz CT molecular complexity index is 557. The minimum absolute atomic E-state index is 0.334. The molecule has 4 aliphatic rings. The quantitative estimate of drug-likeness (QED) is 0.589. The molecular formula is C21H32O3. The monoisotopic (exact) mass is 332 g/mol. The summed E-state index contributed by atoms with van der Waals surface area (Å²) in [6, 6.07) is 0. The number of fused-ring (bicyclic) bond motifs is 5. The maximum Gasteiger partial charge on any atom is 0.317 e. The third-order valence-electron chi connectivity index (χ3n) is 9.42. The van der Waals surface area contributed by atoms with Gasteiger partial charge in [-0.1, -0.05) is 26.7 Å². The Labute approximate surface area is 145 Å². The second-order valence-corrected chi connectivity index (χ2v) is 9.79. The molecule has 4 aliphatic carbocycles. The topological polar surface area (TPSA) is 54.4 Å². The van der Waals surface area contributed by atoms with Gasteiger partial charge in [0.05, 0.1) is 0 Å². The largest absolute Gasteiger partial charge is 0.480 e. The first-order valence-electron chi connectivity index (χ1n) is 10.1. The molecule has 0 saturated heterocycles. The molecule has 24 heavy (non-hydrogen) atoms. The van der Waals surface area contributed by atoms with Crippen LogP contribution in [-0.4, -0.2) is 17.4 Å². The van der Waals surface area contributed by atoms with Gasteiger partial charge in [-0.05, 0) is 85.9 Å². The first-order valence-corrected chi connectivity index (χ1v) is 10.1. The van der Waals surface area contributed by atoms with Gasteiger partial charge >= 0.3 is 5.97 Å². The van der Waals surface area contributed by atoms with Crippen LogP contribution in [0.15, 0.2) is 0 Å². The summed E-state index contributed by atoms with van der Waals surface area (Å²) in [4.78, 5) is 23.9. The summed E-state index contributed by atoms with van der Waals surface area (Å²) in [6.07, 6.45) is 12.4. The van der Waals surface area contributed by atoms with Gasteiger partial charge in [-0.2, -0.15) is 0 Å². The number of rotatable bonds is 2. The molecule has 0 heterocycles. The van der Waals surface area contributed by atoms with Crippen LogP contribution in [0.3, 0.4) is 0 Å². The van der Waals surface area contributed by atoms with Crippen molar-refractivity contribution in [2.75, 3.05) is 0 Å². The normalized spacial score (nSPS) is 53.6. The van der Waals surface area contributed by atoms with Crippen molar-refractivity contribution in [1.82, 2.24) is 0 Å². The Hall–Kier alpha value is -0.860. The molecule has 0 amide bonds. The van der Waals surface area contributed by atoms with Gasteiger partial charge in [-0.3, -0.25) is 4.79 Å². The van der Waals surface area contributed by atoms with Crippen molar-refractivity contribution in [2.45, 2.75) is 78.1 Å². The summed E-state index contributed by atoms with van der Waals surface area (Å²) in [7, 11) is 0. The summed E-state index contributed by atoms with van der Waals surface area (Å²) in [5.74, 6) is 1.83.